The summed E-state index contributed by atoms with van der Waals surface area (Å²) in [4.78, 5) is 26.8. The summed E-state index contributed by atoms with van der Waals surface area (Å²) in [6.45, 7) is -0.161. The number of amides is 2. The van der Waals surface area contributed by atoms with Crippen LogP contribution in [0, 0.1) is 0 Å². The molecule has 3 aromatic rings. The number of hydrazone groups is 2. The number of fused-ring (bicyclic) bond motifs is 1. The van der Waals surface area contributed by atoms with Crippen LogP contribution in [0.2, 0.25) is 10.0 Å². The van der Waals surface area contributed by atoms with Crippen molar-refractivity contribution in [3.05, 3.63) is 94.0 Å². The molecule has 1 aliphatic rings. The van der Waals surface area contributed by atoms with Crippen molar-refractivity contribution in [2.75, 3.05) is 17.2 Å². The molecule has 1 aliphatic heterocycles. The summed E-state index contributed by atoms with van der Waals surface area (Å²) in [5, 5.41) is 15.8. The molecule has 2 amide bonds. The predicted molar refractivity (Wildman–Crippen MR) is 159 cm³/mol. The number of imide groups is 1. The molecule has 3 aromatic carbocycles. The van der Waals surface area contributed by atoms with Gasteiger partial charge in [-0.25, -0.2) is 0 Å². The van der Waals surface area contributed by atoms with Gasteiger partial charge in [-0.3, -0.25) is 25.3 Å². The number of rotatable bonds is 7. The van der Waals surface area contributed by atoms with Crippen LogP contribution in [0.25, 0.3) is 0 Å². The van der Waals surface area contributed by atoms with Gasteiger partial charge in [-0.05, 0) is 85.1 Å². The third-order valence-electron chi connectivity index (χ3n) is 5.08. The minimum absolute atomic E-state index is 0.161. The zero-order chi connectivity index (χ0) is 27.1. The van der Waals surface area contributed by atoms with Gasteiger partial charge in [0.2, 0.25) is 0 Å². The van der Waals surface area contributed by atoms with Crippen molar-refractivity contribution in [1.29, 1.82) is 0 Å². The summed E-state index contributed by atoms with van der Waals surface area (Å²) >= 11 is 22.4. The van der Waals surface area contributed by atoms with Crippen molar-refractivity contribution in [1.82, 2.24) is 15.8 Å². The number of benzene rings is 3. The van der Waals surface area contributed by atoms with Crippen molar-refractivity contribution in [3.8, 4) is 0 Å². The number of halogens is 2. The molecule has 0 saturated carbocycles. The van der Waals surface area contributed by atoms with Gasteiger partial charge in [-0.2, -0.15) is 10.2 Å². The zero-order valence-electron chi connectivity index (χ0n) is 19.4. The Hall–Kier alpha value is -3.90. The Kier molecular flexibility index (Phi) is 8.98. The fourth-order valence-corrected chi connectivity index (χ4v) is 3.91. The lowest BCUT2D eigenvalue weighted by molar-refractivity contribution is 0.0678. The monoisotopic (exact) mass is 583 g/mol. The Morgan fingerprint density at radius 1 is 0.763 bits per heavy atom. The van der Waals surface area contributed by atoms with Crippen LogP contribution >= 0.6 is 47.6 Å². The summed E-state index contributed by atoms with van der Waals surface area (Å²) in [7, 11) is 0. The minimum Gasteiger partial charge on any atom is -0.331 e. The number of carbonyl (C=O) groups excluding carboxylic acids is 2. The minimum atomic E-state index is -0.429. The Bertz CT molecular complexity index is 1410. The van der Waals surface area contributed by atoms with E-state index < -0.39 is 11.8 Å². The van der Waals surface area contributed by atoms with Crippen LogP contribution in [0.15, 0.2) is 83.0 Å². The van der Waals surface area contributed by atoms with Gasteiger partial charge < -0.3 is 10.6 Å². The second-order valence-corrected chi connectivity index (χ2v) is 9.44. The molecule has 0 radical (unpaired) electrons. The summed E-state index contributed by atoms with van der Waals surface area (Å²) in [5.41, 5.74) is 7.65. The summed E-state index contributed by atoms with van der Waals surface area (Å²) < 4.78 is 0. The summed E-state index contributed by atoms with van der Waals surface area (Å²) in [6.07, 6.45) is 1.33. The van der Waals surface area contributed by atoms with E-state index in [1.54, 1.807) is 72.8 Å². The number of hydrogen-bond acceptors (Lipinski definition) is 6. The van der Waals surface area contributed by atoms with E-state index in [9.17, 15) is 9.59 Å². The quantitative estimate of drug-likeness (QED) is 0.134. The first kappa shape index (κ1) is 27.1. The molecule has 38 heavy (non-hydrogen) atoms. The highest BCUT2D eigenvalue weighted by atomic mass is 35.5. The molecule has 0 fully saturated rings. The van der Waals surface area contributed by atoms with Gasteiger partial charge in [0.25, 0.3) is 11.8 Å². The van der Waals surface area contributed by atoms with Crippen LogP contribution in [-0.2, 0) is 0 Å². The highest BCUT2D eigenvalue weighted by Crippen LogP contribution is 2.22. The lowest BCUT2D eigenvalue weighted by atomic mass is 10.1. The smallest absolute Gasteiger partial charge is 0.261 e. The molecule has 0 atom stereocenters. The second kappa shape index (κ2) is 12.6. The number of hydrogen-bond donors (Lipinski definition) is 4. The van der Waals surface area contributed by atoms with E-state index in [2.05, 4.69) is 31.7 Å². The molecule has 0 aliphatic carbocycles. The third-order valence-corrected chi connectivity index (χ3v) is 5.97. The van der Waals surface area contributed by atoms with Crippen molar-refractivity contribution < 1.29 is 9.59 Å². The number of nitrogens with zero attached hydrogens (tertiary/aromatic N) is 3. The van der Waals surface area contributed by atoms with Crippen molar-refractivity contribution in [2.24, 2.45) is 10.2 Å². The molecule has 4 N–H and O–H groups in total. The van der Waals surface area contributed by atoms with E-state index in [1.165, 1.54) is 6.21 Å². The Balaban J connectivity index is 1.45. The van der Waals surface area contributed by atoms with Crippen LogP contribution in [0.4, 0.5) is 11.4 Å². The standard InChI is InChI=1S/C25H19Cl2N7O2S2/c26-15-5-9-17(10-6-15)29-24(37)32-28-13-19(31-33-25(38)30-18-11-7-16(27)8-12-18)14-34-22(35)20-3-1-2-4-21(20)23(34)36/h1-13H,14H2,(H2,29,32,37)(H2,30,33,38)/b28-13+,31-19-. The average molecular weight is 585 g/mol. The van der Waals surface area contributed by atoms with Gasteiger partial charge in [-0.15, -0.1) is 0 Å². The van der Waals surface area contributed by atoms with Crippen molar-refractivity contribution in [3.63, 3.8) is 0 Å². The van der Waals surface area contributed by atoms with Gasteiger partial charge in [0.1, 0.15) is 5.71 Å². The van der Waals surface area contributed by atoms with Gasteiger partial charge in [0.15, 0.2) is 10.2 Å². The van der Waals surface area contributed by atoms with Gasteiger partial charge in [0, 0.05) is 21.4 Å². The Morgan fingerprint density at radius 3 is 1.74 bits per heavy atom. The predicted octanol–water partition coefficient (Wildman–Crippen LogP) is 4.90. The maximum absolute atomic E-state index is 12.8. The number of thiocarbonyl (C=S) groups is 2. The van der Waals surface area contributed by atoms with Crippen LogP contribution in [0.1, 0.15) is 20.7 Å². The topological polar surface area (TPSA) is 110 Å². The summed E-state index contributed by atoms with van der Waals surface area (Å²) in [6, 6.07) is 20.5. The Labute approximate surface area is 238 Å². The number of carbonyl (C=O) groups is 2. The van der Waals surface area contributed by atoms with Crippen LogP contribution in [0.3, 0.4) is 0 Å². The maximum atomic E-state index is 12.8. The highest BCUT2D eigenvalue weighted by Gasteiger charge is 2.35. The molecule has 13 heteroatoms. The van der Waals surface area contributed by atoms with Gasteiger partial charge in [-0.1, -0.05) is 35.3 Å². The zero-order valence-corrected chi connectivity index (χ0v) is 22.6. The third kappa shape index (κ3) is 7.11. The fourth-order valence-electron chi connectivity index (χ4n) is 3.32. The van der Waals surface area contributed by atoms with E-state index in [1.807, 2.05) is 0 Å². The van der Waals surface area contributed by atoms with Gasteiger partial charge >= 0.3 is 0 Å². The molecule has 4 rings (SSSR count). The number of nitrogens with one attached hydrogen (secondary N) is 4. The Morgan fingerprint density at radius 2 is 1.24 bits per heavy atom. The van der Waals surface area contributed by atoms with Crippen LogP contribution < -0.4 is 21.5 Å². The van der Waals surface area contributed by atoms with E-state index >= 15 is 0 Å². The molecule has 0 bridgehead atoms. The molecular weight excluding hydrogens is 565 g/mol. The molecule has 0 unspecified atom stereocenters. The second-order valence-electron chi connectivity index (χ2n) is 7.75. The van der Waals surface area contributed by atoms with Crippen molar-refractivity contribution in [2.45, 2.75) is 0 Å². The molecule has 0 spiro atoms. The molecular formula is C25H19Cl2N7O2S2. The first-order chi connectivity index (χ1) is 18.3. The molecule has 1 heterocycles. The largest absolute Gasteiger partial charge is 0.331 e. The van der Waals surface area contributed by atoms with Crippen LogP contribution in [-0.4, -0.2) is 45.4 Å². The summed E-state index contributed by atoms with van der Waals surface area (Å²) in [5.74, 6) is -0.858. The SMILES string of the molecule is O=C1c2ccccc2C(=O)N1CC(/C=N/NC(=S)Nc1ccc(Cl)cc1)=N\NC(=S)Nc1ccc(Cl)cc1. The maximum Gasteiger partial charge on any atom is 0.261 e. The average Bonchev–Trinajstić information content (AvgIpc) is 3.14. The molecule has 192 valence electrons. The van der Waals surface area contributed by atoms with E-state index in [0.717, 1.165) is 4.90 Å². The first-order valence-corrected chi connectivity index (χ1v) is 12.6. The van der Waals surface area contributed by atoms with Crippen molar-refractivity contribution >= 4 is 93.0 Å². The van der Waals surface area contributed by atoms with E-state index in [0.29, 0.717) is 32.5 Å². The molecule has 0 aromatic heterocycles. The van der Waals surface area contributed by atoms with Crippen LogP contribution in [0.5, 0.6) is 0 Å². The molecule has 0 saturated heterocycles. The number of anilines is 2. The highest BCUT2D eigenvalue weighted by molar-refractivity contribution is 7.80. The lowest BCUT2D eigenvalue weighted by Crippen LogP contribution is -2.37. The van der Waals surface area contributed by atoms with Gasteiger partial charge in [0.05, 0.1) is 23.9 Å². The molecule has 9 nitrogen and oxygen atoms in total. The van der Waals surface area contributed by atoms with E-state index in [4.69, 9.17) is 47.6 Å². The van der Waals surface area contributed by atoms with E-state index in [-0.39, 0.29) is 22.5 Å². The normalized spacial score (nSPS) is 12.9. The lowest BCUT2D eigenvalue weighted by Gasteiger charge is -2.14. The first-order valence-electron chi connectivity index (χ1n) is 11.0. The fraction of sp³-hybridized carbons (Fsp3) is 0.0400.